The Morgan fingerprint density at radius 1 is 0.860 bits per heavy atom. The van der Waals surface area contributed by atoms with Gasteiger partial charge in [0, 0.05) is 49.3 Å². The first-order chi connectivity index (χ1) is 20.6. The lowest BCUT2D eigenvalue weighted by Gasteiger charge is -2.38. The van der Waals surface area contributed by atoms with E-state index >= 15 is 0 Å². The lowest BCUT2D eigenvalue weighted by molar-refractivity contribution is -0.198. The number of esters is 2. The Morgan fingerprint density at radius 3 is 2.33 bits per heavy atom. The SMILES string of the molecule is O=C1CC2(O)CC(=O)ON3C(=O)C(OC2=O)C(O1)c1cc(C(=O)N2CCN(CCCC(=O)c4ccccc4)CC2)ccc13. The molecule has 0 aliphatic carbocycles. The lowest BCUT2D eigenvalue weighted by atomic mass is 9.92. The van der Waals surface area contributed by atoms with Gasteiger partial charge in [-0.25, -0.2) is 9.59 Å². The van der Waals surface area contributed by atoms with Gasteiger partial charge in [0.2, 0.25) is 6.10 Å². The number of Topliss-reactive ketones (excluding diaryl/α,β-unsaturated/α-hetero) is 1. The Labute approximate surface area is 245 Å². The fraction of sp³-hybridized carbons (Fsp3) is 0.400. The number of carbonyl (C=O) groups excluding carboxylic acids is 6. The Morgan fingerprint density at radius 2 is 1.58 bits per heavy atom. The van der Waals surface area contributed by atoms with E-state index in [4.69, 9.17) is 14.3 Å². The number of amides is 2. The fourth-order valence-electron chi connectivity index (χ4n) is 5.77. The van der Waals surface area contributed by atoms with Crippen LogP contribution in [0, 0.1) is 0 Å². The average molecular weight is 592 g/mol. The van der Waals surface area contributed by atoms with Crippen LogP contribution in [0.15, 0.2) is 48.5 Å². The van der Waals surface area contributed by atoms with E-state index in [2.05, 4.69) is 4.90 Å². The maximum Gasteiger partial charge on any atom is 0.340 e. The normalized spacial score (nSPS) is 25.4. The summed E-state index contributed by atoms with van der Waals surface area (Å²) in [4.78, 5) is 86.1. The second-order valence-electron chi connectivity index (χ2n) is 11.0. The van der Waals surface area contributed by atoms with Crippen molar-refractivity contribution in [1.82, 2.24) is 9.80 Å². The van der Waals surface area contributed by atoms with Crippen LogP contribution in [0.4, 0.5) is 5.69 Å². The van der Waals surface area contributed by atoms with Crippen LogP contribution in [0.5, 0.6) is 0 Å². The number of anilines is 1. The summed E-state index contributed by atoms with van der Waals surface area (Å²) in [5.74, 6) is -4.64. The maximum atomic E-state index is 13.5. The van der Waals surface area contributed by atoms with Crippen LogP contribution >= 0.6 is 0 Å². The van der Waals surface area contributed by atoms with Crippen molar-refractivity contribution in [1.29, 1.82) is 0 Å². The standard InChI is InChI=1S/C30H29N3O10/c34-22(18-5-2-1-3-6-18)7-4-10-31-11-13-32(14-12-31)27(37)19-8-9-21-20(15-19)25-26-28(38)33(21)43-24(36)17-30(40,29(39)42-26)16-23(35)41-25/h1-3,5-6,8-9,15,25-26,40H,4,7,10-14,16-17H2. The van der Waals surface area contributed by atoms with Crippen molar-refractivity contribution >= 4 is 41.2 Å². The summed E-state index contributed by atoms with van der Waals surface area (Å²) in [5.41, 5.74) is -1.44. The fourth-order valence-corrected chi connectivity index (χ4v) is 5.77. The van der Waals surface area contributed by atoms with Gasteiger partial charge in [0.15, 0.2) is 17.5 Å². The number of carbonyl (C=O) groups is 6. The Bertz CT molecular complexity index is 1500. The summed E-state index contributed by atoms with van der Waals surface area (Å²) >= 11 is 0. The molecule has 4 aliphatic heterocycles. The predicted octanol–water partition coefficient (Wildman–Crippen LogP) is 0.947. The van der Waals surface area contributed by atoms with Crippen molar-refractivity contribution in [3.05, 3.63) is 65.2 Å². The Balaban J connectivity index is 1.15. The number of ether oxygens (including phenoxy) is 2. The van der Waals surface area contributed by atoms with Crippen molar-refractivity contribution in [2.45, 2.75) is 43.5 Å². The van der Waals surface area contributed by atoms with Crippen LogP contribution in [0.1, 0.15) is 58.1 Å². The van der Waals surface area contributed by atoms with Gasteiger partial charge in [-0.15, -0.1) is 5.06 Å². The molecule has 13 heteroatoms. The number of hydrogen-bond acceptors (Lipinski definition) is 11. The Hall–Kier alpha value is -4.62. The molecule has 3 bridgehead atoms. The smallest absolute Gasteiger partial charge is 0.340 e. The van der Waals surface area contributed by atoms with E-state index in [9.17, 15) is 33.9 Å². The van der Waals surface area contributed by atoms with Gasteiger partial charge in [-0.3, -0.25) is 24.1 Å². The molecule has 3 fully saturated rings. The monoisotopic (exact) mass is 591 g/mol. The van der Waals surface area contributed by atoms with Gasteiger partial charge in [-0.1, -0.05) is 30.3 Å². The van der Waals surface area contributed by atoms with Crippen molar-refractivity contribution < 1.29 is 48.2 Å². The zero-order valence-electron chi connectivity index (χ0n) is 23.1. The van der Waals surface area contributed by atoms with Gasteiger partial charge in [0.25, 0.3) is 5.91 Å². The molecule has 0 radical (unpaired) electrons. The summed E-state index contributed by atoms with van der Waals surface area (Å²) in [6.45, 7) is 2.86. The third-order valence-electron chi connectivity index (χ3n) is 8.09. The molecular weight excluding hydrogens is 562 g/mol. The average Bonchev–Trinajstić information content (AvgIpc) is 3.01. The molecule has 13 nitrogen and oxygen atoms in total. The molecule has 0 spiro atoms. The van der Waals surface area contributed by atoms with E-state index < -0.39 is 54.5 Å². The highest BCUT2D eigenvalue weighted by Gasteiger charge is 2.55. The summed E-state index contributed by atoms with van der Waals surface area (Å²) in [7, 11) is 0. The zero-order valence-corrected chi connectivity index (χ0v) is 23.1. The second-order valence-corrected chi connectivity index (χ2v) is 11.0. The molecule has 224 valence electrons. The van der Waals surface area contributed by atoms with Crippen molar-refractivity contribution in [3.63, 3.8) is 0 Å². The van der Waals surface area contributed by atoms with E-state index in [1.807, 2.05) is 18.2 Å². The van der Waals surface area contributed by atoms with Gasteiger partial charge in [-0.05, 0) is 31.2 Å². The van der Waals surface area contributed by atoms with E-state index in [1.165, 1.54) is 18.2 Å². The number of nitrogens with zero attached hydrogens (tertiary/aromatic N) is 3. The van der Waals surface area contributed by atoms with E-state index in [0.717, 1.165) is 6.54 Å². The van der Waals surface area contributed by atoms with Crippen LogP contribution in [-0.4, -0.2) is 94.8 Å². The van der Waals surface area contributed by atoms with Crippen molar-refractivity contribution in [2.75, 3.05) is 37.8 Å². The molecule has 0 aromatic heterocycles. The lowest BCUT2D eigenvalue weighted by Crippen LogP contribution is -2.53. The van der Waals surface area contributed by atoms with Crippen LogP contribution in [0.3, 0.4) is 0 Å². The minimum absolute atomic E-state index is 0.0437. The third kappa shape index (κ3) is 5.48. The number of hydrogen-bond donors (Lipinski definition) is 1. The molecular formula is C30H29N3O10. The van der Waals surface area contributed by atoms with Crippen LogP contribution in [0.2, 0.25) is 0 Å². The summed E-state index contributed by atoms with van der Waals surface area (Å²) in [6.07, 6.45) is -3.81. The van der Waals surface area contributed by atoms with E-state index in [1.54, 1.807) is 17.0 Å². The number of aliphatic hydroxyl groups is 1. The second kappa shape index (κ2) is 11.2. The Kier molecular flexibility index (Phi) is 7.44. The van der Waals surface area contributed by atoms with Crippen molar-refractivity contribution in [3.8, 4) is 0 Å². The van der Waals surface area contributed by atoms with Gasteiger partial charge >= 0.3 is 23.8 Å². The minimum atomic E-state index is -2.55. The zero-order chi connectivity index (χ0) is 30.3. The van der Waals surface area contributed by atoms with Gasteiger partial charge in [-0.2, -0.15) is 0 Å². The van der Waals surface area contributed by atoms with Crippen LogP contribution in [-0.2, 0) is 33.5 Å². The van der Waals surface area contributed by atoms with E-state index in [0.29, 0.717) is 49.6 Å². The number of benzene rings is 2. The molecule has 4 aliphatic rings. The molecule has 43 heavy (non-hydrogen) atoms. The highest BCUT2D eigenvalue weighted by atomic mass is 16.7. The number of fused-ring (bicyclic) bond motifs is 6. The minimum Gasteiger partial charge on any atom is -0.453 e. The molecule has 0 saturated carbocycles. The molecule has 2 aromatic carbocycles. The largest absolute Gasteiger partial charge is 0.453 e. The summed E-state index contributed by atoms with van der Waals surface area (Å²) < 4.78 is 10.7. The molecule has 6 rings (SSSR count). The first-order valence-electron chi connectivity index (χ1n) is 14.0. The quantitative estimate of drug-likeness (QED) is 0.376. The summed E-state index contributed by atoms with van der Waals surface area (Å²) in [5, 5.41) is 11.3. The highest BCUT2D eigenvalue weighted by molar-refractivity contribution is 6.05. The van der Waals surface area contributed by atoms with Crippen LogP contribution < -0.4 is 5.06 Å². The maximum absolute atomic E-state index is 13.5. The number of hydroxylamine groups is 1. The first-order valence-corrected chi connectivity index (χ1v) is 14.0. The van der Waals surface area contributed by atoms with Gasteiger partial charge < -0.3 is 24.3 Å². The number of ketones is 1. The highest BCUT2D eigenvalue weighted by Crippen LogP contribution is 2.43. The van der Waals surface area contributed by atoms with Crippen LogP contribution in [0.25, 0.3) is 0 Å². The molecule has 2 aromatic rings. The topological polar surface area (TPSA) is 160 Å². The number of piperazine rings is 1. The molecule has 4 heterocycles. The molecule has 3 unspecified atom stereocenters. The molecule has 2 amide bonds. The predicted molar refractivity (Wildman–Crippen MR) is 145 cm³/mol. The third-order valence-corrected chi connectivity index (χ3v) is 8.09. The summed E-state index contributed by atoms with van der Waals surface area (Å²) in [6, 6.07) is 13.5. The van der Waals surface area contributed by atoms with E-state index in [-0.39, 0.29) is 28.5 Å². The number of rotatable bonds is 6. The van der Waals surface area contributed by atoms with Gasteiger partial charge in [0.05, 0.1) is 18.5 Å². The molecule has 3 saturated heterocycles. The van der Waals surface area contributed by atoms with Gasteiger partial charge in [0.1, 0.15) is 0 Å². The molecule has 1 N–H and O–H groups in total. The van der Waals surface area contributed by atoms with Crippen molar-refractivity contribution in [2.24, 2.45) is 0 Å². The first kappa shape index (κ1) is 28.5. The molecule has 3 atom stereocenters.